The smallest absolute Gasteiger partial charge is 0.445 e. The zero-order chi connectivity index (χ0) is 10.2. The first-order chi connectivity index (χ1) is 5.82. The molecule has 1 aromatic carbocycles. The Morgan fingerprint density at radius 2 is 1.71 bits per heavy atom. The molecule has 0 aliphatic carbocycles. The molecule has 14 heavy (non-hydrogen) atoms. The van der Waals surface area contributed by atoms with Crippen LogP contribution in [0.15, 0.2) is 16.6 Å². The van der Waals surface area contributed by atoms with E-state index in [-0.39, 0.29) is 61.4 Å². The minimum Gasteiger partial charge on any atom is -0.445 e. The van der Waals surface area contributed by atoms with Crippen LogP contribution < -0.4 is 56.8 Å². The zero-order valence-corrected chi connectivity index (χ0v) is 12.3. The Hall–Kier alpha value is 1.12. The molecule has 1 rings (SSSR count). The molecule has 7 heteroatoms. The van der Waals surface area contributed by atoms with Gasteiger partial charge >= 0.3 is 58.4 Å². The molecule has 0 N–H and O–H groups in total. The SMILES string of the molecule is Cc1c(Br)cc(F)cc1[B-](F)(F)F.[K+]. The summed E-state index contributed by atoms with van der Waals surface area (Å²) in [5, 5.41) is 0. The van der Waals surface area contributed by atoms with E-state index in [1.54, 1.807) is 0 Å². The Morgan fingerprint density at radius 3 is 2.14 bits per heavy atom. The van der Waals surface area contributed by atoms with Gasteiger partial charge in [0.05, 0.1) is 0 Å². The fraction of sp³-hybridized carbons (Fsp3) is 0.143. The number of halogens is 5. The van der Waals surface area contributed by atoms with E-state index in [1.807, 2.05) is 0 Å². The molecule has 72 valence electrons. The van der Waals surface area contributed by atoms with Gasteiger partial charge in [-0.1, -0.05) is 27.6 Å². The zero-order valence-electron chi connectivity index (χ0n) is 7.62. The second kappa shape index (κ2) is 5.45. The maximum absolute atomic E-state index is 12.6. The minimum atomic E-state index is -5.14. The molecule has 0 unspecified atom stereocenters. The molecular formula is C7H5BBrF4K. The largest absolute Gasteiger partial charge is 1.00 e. The molecule has 0 bridgehead atoms. The second-order valence-corrected chi connectivity index (χ2v) is 3.53. The van der Waals surface area contributed by atoms with Gasteiger partial charge in [-0.05, 0) is 13.0 Å². The molecule has 0 aliphatic rings. The van der Waals surface area contributed by atoms with Gasteiger partial charge in [-0.25, -0.2) is 4.39 Å². The van der Waals surface area contributed by atoms with Crippen molar-refractivity contribution in [1.82, 2.24) is 0 Å². The van der Waals surface area contributed by atoms with Gasteiger partial charge in [0.25, 0.3) is 0 Å². The monoisotopic (exact) mass is 294 g/mol. The van der Waals surface area contributed by atoms with Crippen LogP contribution in [0.4, 0.5) is 17.3 Å². The normalized spacial score (nSPS) is 11.0. The molecule has 0 aliphatic heterocycles. The van der Waals surface area contributed by atoms with Gasteiger partial charge in [0.1, 0.15) is 5.82 Å². The fourth-order valence-corrected chi connectivity index (χ4v) is 1.45. The molecule has 0 heterocycles. The third kappa shape index (κ3) is 3.61. The van der Waals surface area contributed by atoms with Gasteiger partial charge in [-0.2, -0.15) is 0 Å². The molecule has 0 radical (unpaired) electrons. The van der Waals surface area contributed by atoms with Gasteiger partial charge in [0.2, 0.25) is 0 Å². The molecular weight excluding hydrogens is 290 g/mol. The van der Waals surface area contributed by atoms with Crippen LogP contribution in [-0.4, -0.2) is 6.98 Å². The van der Waals surface area contributed by atoms with E-state index < -0.39 is 18.3 Å². The standard InChI is InChI=1S/C7H5BBrF4.K/c1-4-6(8(11,12)13)2-5(10)3-7(4)9;/h2-3H,1H3;/q-1;+1. The summed E-state index contributed by atoms with van der Waals surface area (Å²) in [6.07, 6.45) is 0. The molecule has 0 amide bonds. The molecule has 1 aromatic rings. The molecule has 0 saturated heterocycles. The van der Waals surface area contributed by atoms with Crippen LogP contribution in [0.25, 0.3) is 0 Å². The summed E-state index contributed by atoms with van der Waals surface area (Å²) in [5.41, 5.74) is -0.860. The van der Waals surface area contributed by atoms with Crippen LogP contribution in [0.3, 0.4) is 0 Å². The summed E-state index contributed by atoms with van der Waals surface area (Å²) in [5.74, 6) is -0.883. The molecule has 0 saturated carbocycles. The van der Waals surface area contributed by atoms with Crippen LogP contribution in [0, 0.1) is 12.7 Å². The molecule has 0 spiro atoms. The first kappa shape index (κ1) is 15.1. The predicted molar refractivity (Wildman–Crippen MR) is 47.5 cm³/mol. The number of rotatable bonds is 1. The summed E-state index contributed by atoms with van der Waals surface area (Å²) < 4.78 is 49.6. The van der Waals surface area contributed by atoms with Crippen LogP contribution in [0.2, 0.25) is 0 Å². The van der Waals surface area contributed by atoms with E-state index in [0.717, 1.165) is 6.07 Å². The van der Waals surface area contributed by atoms with E-state index in [4.69, 9.17) is 0 Å². The van der Waals surface area contributed by atoms with Crippen LogP contribution in [0.1, 0.15) is 5.56 Å². The quantitative estimate of drug-likeness (QED) is 0.504. The predicted octanol–water partition coefficient (Wildman–Crippen LogP) is -0.0450. The fourth-order valence-electron chi connectivity index (χ4n) is 1.01. The van der Waals surface area contributed by atoms with E-state index in [2.05, 4.69) is 15.9 Å². The molecule has 0 fully saturated rings. The van der Waals surface area contributed by atoms with Crippen LogP contribution >= 0.6 is 15.9 Å². The van der Waals surface area contributed by atoms with Crippen molar-refractivity contribution in [2.75, 3.05) is 0 Å². The summed E-state index contributed by atoms with van der Waals surface area (Å²) in [7, 11) is 0. The topological polar surface area (TPSA) is 0 Å². The van der Waals surface area contributed by atoms with Gasteiger partial charge in [0, 0.05) is 4.47 Å². The maximum Gasteiger partial charge on any atom is 1.00 e. The average molecular weight is 295 g/mol. The maximum atomic E-state index is 12.6. The van der Waals surface area contributed by atoms with Crippen LogP contribution in [-0.2, 0) is 0 Å². The van der Waals surface area contributed by atoms with E-state index >= 15 is 0 Å². The summed E-state index contributed by atoms with van der Waals surface area (Å²) in [4.78, 5) is 0. The van der Waals surface area contributed by atoms with Gasteiger partial charge in [-0.15, -0.1) is 5.46 Å². The molecule has 0 atom stereocenters. The average Bonchev–Trinajstić information content (AvgIpc) is 1.94. The van der Waals surface area contributed by atoms with E-state index in [1.165, 1.54) is 6.92 Å². The summed E-state index contributed by atoms with van der Waals surface area (Å²) in [6, 6.07) is 1.53. The Bertz CT molecular complexity index is 339. The number of hydrogen-bond donors (Lipinski definition) is 0. The van der Waals surface area contributed by atoms with Crippen molar-refractivity contribution in [2.24, 2.45) is 0 Å². The number of hydrogen-bond acceptors (Lipinski definition) is 0. The first-order valence-corrected chi connectivity index (χ1v) is 4.27. The third-order valence-corrected chi connectivity index (χ3v) is 2.53. The summed E-state index contributed by atoms with van der Waals surface area (Å²) >= 11 is 2.86. The number of benzene rings is 1. The van der Waals surface area contributed by atoms with Crippen LogP contribution in [0.5, 0.6) is 0 Å². The van der Waals surface area contributed by atoms with Gasteiger partial charge < -0.3 is 12.9 Å². The molecule has 0 aromatic heterocycles. The molecule has 0 nitrogen and oxygen atoms in total. The van der Waals surface area contributed by atoms with Crippen molar-refractivity contribution in [3.8, 4) is 0 Å². The Labute approximate surface area is 130 Å². The Kier molecular flexibility index (Phi) is 5.89. The van der Waals surface area contributed by atoms with E-state index in [9.17, 15) is 17.3 Å². The third-order valence-electron chi connectivity index (χ3n) is 1.70. The summed E-state index contributed by atoms with van der Waals surface area (Å²) in [6.45, 7) is -3.84. The Balaban J connectivity index is 0.00000169. The van der Waals surface area contributed by atoms with Crippen molar-refractivity contribution in [3.05, 3.63) is 28.0 Å². The van der Waals surface area contributed by atoms with Crippen molar-refractivity contribution >= 4 is 28.4 Å². The van der Waals surface area contributed by atoms with Crippen molar-refractivity contribution in [3.63, 3.8) is 0 Å². The van der Waals surface area contributed by atoms with Crippen molar-refractivity contribution < 1.29 is 68.7 Å². The van der Waals surface area contributed by atoms with Gasteiger partial charge in [0.15, 0.2) is 0 Å². The van der Waals surface area contributed by atoms with Crippen molar-refractivity contribution in [1.29, 1.82) is 0 Å². The minimum absolute atomic E-state index is 0. The second-order valence-electron chi connectivity index (χ2n) is 2.68. The Morgan fingerprint density at radius 1 is 1.21 bits per heavy atom. The first-order valence-electron chi connectivity index (χ1n) is 3.48. The van der Waals surface area contributed by atoms with Crippen molar-refractivity contribution in [2.45, 2.75) is 6.92 Å². The van der Waals surface area contributed by atoms with E-state index in [0.29, 0.717) is 6.07 Å². The van der Waals surface area contributed by atoms with Gasteiger partial charge in [-0.3, -0.25) is 0 Å².